The average Bonchev–Trinajstić information content (AvgIpc) is 3.20. The van der Waals surface area contributed by atoms with Gasteiger partial charge in [-0.15, -0.1) is 0 Å². The van der Waals surface area contributed by atoms with Crippen molar-refractivity contribution in [3.63, 3.8) is 0 Å². The van der Waals surface area contributed by atoms with E-state index in [4.69, 9.17) is 9.47 Å². The minimum Gasteiger partial charge on any atom is -0.508 e. The fourth-order valence-electron chi connectivity index (χ4n) is 4.14. The summed E-state index contributed by atoms with van der Waals surface area (Å²) >= 11 is 0. The van der Waals surface area contributed by atoms with Crippen LogP contribution in [0.25, 0.3) is 0 Å². The molecule has 0 amide bonds. The Morgan fingerprint density at radius 3 is 1.96 bits per heavy atom. The summed E-state index contributed by atoms with van der Waals surface area (Å²) in [5.74, 6) is 0.329. The first-order chi connectivity index (χ1) is 11.1. The second kappa shape index (κ2) is 7.67. The van der Waals surface area contributed by atoms with Crippen molar-refractivity contribution in [2.45, 2.75) is 89.6 Å². The molecule has 0 aromatic heterocycles. The summed E-state index contributed by atoms with van der Waals surface area (Å²) in [6.45, 7) is 4.15. The smallest absolute Gasteiger partial charge is 0.121 e. The van der Waals surface area contributed by atoms with Crippen molar-refractivity contribution in [1.29, 1.82) is 0 Å². The average molecular weight is 318 g/mol. The van der Waals surface area contributed by atoms with E-state index in [9.17, 15) is 5.11 Å². The molecule has 0 radical (unpaired) electrons. The first kappa shape index (κ1) is 16.8. The van der Waals surface area contributed by atoms with Gasteiger partial charge in [0.25, 0.3) is 0 Å². The van der Waals surface area contributed by atoms with Crippen LogP contribution in [-0.4, -0.2) is 17.3 Å². The van der Waals surface area contributed by atoms with Crippen molar-refractivity contribution in [1.82, 2.24) is 0 Å². The van der Waals surface area contributed by atoms with Crippen molar-refractivity contribution in [2.24, 2.45) is 0 Å². The van der Waals surface area contributed by atoms with Gasteiger partial charge in [0, 0.05) is 5.56 Å². The van der Waals surface area contributed by atoms with Gasteiger partial charge in [-0.25, -0.2) is 0 Å². The van der Waals surface area contributed by atoms with Crippen LogP contribution in [0.3, 0.4) is 0 Å². The Bertz CT molecular complexity index is 502. The highest BCUT2D eigenvalue weighted by Gasteiger charge is 2.26. The SMILES string of the molecule is CC(OC1CCCC1)c1cccc(O)c1C(C)OC1CCCC1. The molecule has 0 spiro atoms. The summed E-state index contributed by atoms with van der Waals surface area (Å²) in [6.07, 6.45) is 10.3. The molecule has 2 unspecified atom stereocenters. The lowest BCUT2D eigenvalue weighted by molar-refractivity contribution is -0.0130. The molecule has 2 saturated carbocycles. The molecule has 0 saturated heterocycles. The monoisotopic (exact) mass is 318 g/mol. The fourth-order valence-corrected chi connectivity index (χ4v) is 4.14. The minimum absolute atomic E-state index is 0.00479. The van der Waals surface area contributed by atoms with Crippen molar-refractivity contribution >= 4 is 0 Å². The van der Waals surface area contributed by atoms with Gasteiger partial charge in [-0.1, -0.05) is 37.8 Å². The normalized spacial score (nSPS) is 22.5. The second-order valence-corrected chi connectivity index (χ2v) is 7.15. The van der Waals surface area contributed by atoms with E-state index in [0.29, 0.717) is 18.0 Å². The highest BCUT2D eigenvalue weighted by Crippen LogP contribution is 2.38. The van der Waals surface area contributed by atoms with Crippen molar-refractivity contribution in [2.75, 3.05) is 0 Å². The highest BCUT2D eigenvalue weighted by molar-refractivity contribution is 5.42. The molecule has 0 bridgehead atoms. The Labute approximate surface area is 140 Å². The molecule has 1 aromatic rings. The van der Waals surface area contributed by atoms with E-state index < -0.39 is 0 Å². The first-order valence-corrected chi connectivity index (χ1v) is 9.28. The lowest BCUT2D eigenvalue weighted by Gasteiger charge is -2.26. The van der Waals surface area contributed by atoms with Gasteiger partial charge in [0.2, 0.25) is 0 Å². The summed E-state index contributed by atoms with van der Waals surface area (Å²) in [5.41, 5.74) is 1.98. The number of aromatic hydroxyl groups is 1. The number of benzene rings is 1. The van der Waals surface area contributed by atoms with E-state index in [0.717, 1.165) is 36.8 Å². The van der Waals surface area contributed by atoms with Crippen molar-refractivity contribution in [3.8, 4) is 5.75 Å². The van der Waals surface area contributed by atoms with E-state index in [1.807, 2.05) is 6.07 Å². The zero-order chi connectivity index (χ0) is 16.2. The van der Waals surface area contributed by atoms with Crippen LogP contribution in [0.1, 0.15) is 88.5 Å². The van der Waals surface area contributed by atoms with E-state index in [1.165, 1.54) is 25.7 Å². The number of hydrogen-bond donors (Lipinski definition) is 1. The Morgan fingerprint density at radius 2 is 1.39 bits per heavy atom. The fraction of sp³-hybridized carbons (Fsp3) is 0.700. The van der Waals surface area contributed by atoms with Crippen LogP contribution >= 0.6 is 0 Å². The van der Waals surface area contributed by atoms with Crippen molar-refractivity contribution < 1.29 is 14.6 Å². The summed E-state index contributed by atoms with van der Waals surface area (Å²) in [4.78, 5) is 0. The number of hydrogen-bond acceptors (Lipinski definition) is 3. The molecule has 2 aliphatic rings. The van der Waals surface area contributed by atoms with E-state index in [2.05, 4.69) is 19.9 Å². The number of phenols is 1. The molecule has 23 heavy (non-hydrogen) atoms. The summed E-state index contributed by atoms with van der Waals surface area (Å²) in [6, 6.07) is 5.74. The molecule has 3 nitrogen and oxygen atoms in total. The van der Waals surface area contributed by atoms with E-state index in [-0.39, 0.29) is 12.2 Å². The van der Waals surface area contributed by atoms with Gasteiger partial charge in [0.05, 0.1) is 24.4 Å². The molecular formula is C20H30O3. The van der Waals surface area contributed by atoms with Gasteiger partial charge in [-0.3, -0.25) is 0 Å². The minimum atomic E-state index is -0.0936. The molecule has 2 fully saturated rings. The Hall–Kier alpha value is -1.06. The molecular weight excluding hydrogens is 288 g/mol. The highest BCUT2D eigenvalue weighted by atomic mass is 16.5. The van der Waals surface area contributed by atoms with E-state index >= 15 is 0 Å². The van der Waals surface area contributed by atoms with Crippen LogP contribution in [-0.2, 0) is 9.47 Å². The van der Waals surface area contributed by atoms with Gasteiger partial charge in [0.15, 0.2) is 0 Å². The Morgan fingerprint density at radius 1 is 0.870 bits per heavy atom. The van der Waals surface area contributed by atoms with Crippen LogP contribution in [0.5, 0.6) is 5.75 Å². The summed E-state index contributed by atoms with van der Waals surface area (Å²) in [5, 5.41) is 10.4. The number of rotatable bonds is 6. The molecule has 2 aliphatic carbocycles. The van der Waals surface area contributed by atoms with Crippen LogP contribution in [0.15, 0.2) is 18.2 Å². The topological polar surface area (TPSA) is 38.7 Å². The maximum Gasteiger partial charge on any atom is 0.121 e. The van der Waals surface area contributed by atoms with Gasteiger partial charge in [-0.2, -0.15) is 0 Å². The van der Waals surface area contributed by atoms with Crippen LogP contribution in [0, 0.1) is 0 Å². The molecule has 1 aromatic carbocycles. The number of ether oxygens (including phenoxy) is 2. The number of phenolic OH excluding ortho intramolecular Hbond substituents is 1. The van der Waals surface area contributed by atoms with Gasteiger partial charge >= 0.3 is 0 Å². The van der Waals surface area contributed by atoms with Gasteiger partial charge in [-0.05, 0) is 51.2 Å². The largest absolute Gasteiger partial charge is 0.508 e. The zero-order valence-corrected chi connectivity index (χ0v) is 14.5. The quantitative estimate of drug-likeness (QED) is 0.760. The summed E-state index contributed by atoms with van der Waals surface area (Å²) in [7, 11) is 0. The van der Waals surface area contributed by atoms with Crippen molar-refractivity contribution in [3.05, 3.63) is 29.3 Å². The standard InChI is InChI=1S/C20H30O3/c1-14(22-16-8-3-4-9-16)18-12-7-13-19(21)20(18)15(2)23-17-10-5-6-11-17/h7,12-17,21H,3-6,8-11H2,1-2H3. The predicted octanol–water partition coefficient (Wildman–Crippen LogP) is 5.43. The van der Waals surface area contributed by atoms with Crippen LogP contribution < -0.4 is 0 Å². The van der Waals surface area contributed by atoms with Gasteiger partial charge in [0.1, 0.15) is 5.75 Å². The third-order valence-electron chi connectivity index (χ3n) is 5.36. The zero-order valence-electron chi connectivity index (χ0n) is 14.5. The molecule has 128 valence electrons. The molecule has 0 aliphatic heterocycles. The Kier molecular flexibility index (Phi) is 5.60. The van der Waals surface area contributed by atoms with Gasteiger partial charge < -0.3 is 14.6 Å². The molecule has 0 heterocycles. The molecule has 1 N–H and O–H groups in total. The second-order valence-electron chi connectivity index (χ2n) is 7.15. The third-order valence-corrected chi connectivity index (χ3v) is 5.36. The Balaban J connectivity index is 1.74. The maximum absolute atomic E-state index is 10.4. The lowest BCUT2D eigenvalue weighted by atomic mass is 9.98. The maximum atomic E-state index is 10.4. The summed E-state index contributed by atoms with van der Waals surface area (Å²) < 4.78 is 12.5. The molecule has 3 rings (SSSR count). The van der Waals surface area contributed by atoms with Crippen LogP contribution in [0.2, 0.25) is 0 Å². The third kappa shape index (κ3) is 4.07. The lowest BCUT2D eigenvalue weighted by Crippen LogP contribution is -2.16. The predicted molar refractivity (Wildman–Crippen MR) is 91.6 cm³/mol. The van der Waals surface area contributed by atoms with Crippen LogP contribution in [0.4, 0.5) is 0 Å². The first-order valence-electron chi connectivity index (χ1n) is 9.28. The van der Waals surface area contributed by atoms with E-state index in [1.54, 1.807) is 6.07 Å². The molecule has 2 atom stereocenters. The molecule has 3 heteroatoms.